The highest BCUT2D eigenvalue weighted by atomic mass is 32.1. The number of nitrogens with zero attached hydrogens (tertiary/aromatic N) is 1. The molecule has 1 aliphatic rings. The summed E-state index contributed by atoms with van der Waals surface area (Å²) in [7, 11) is 0. The van der Waals surface area contributed by atoms with Gasteiger partial charge < -0.3 is 4.90 Å². The lowest BCUT2D eigenvalue weighted by Gasteiger charge is -2.25. The van der Waals surface area contributed by atoms with Gasteiger partial charge >= 0.3 is 0 Å². The van der Waals surface area contributed by atoms with Crippen molar-refractivity contribution < 1.29 is 0 Å². The van der Waals surface area contributed by atoms with Crippen LogP contribution in [0.5, 0.6) is 0 Å². The van der Waals surface area contributed by atoms with Crippen molar-refractivity contribution in [2.75, 3.05) is 4.90 Å². The second kappa shape index (κ2) is 19.5. The molecule has 0 aliphatic heterocycles. The van der Waals surface area contributed by atoms with E-state index in [9.17, 15) is 0 Å². The Labute approximate surface area is 219 Å². The topological polar surface area (TPSA) is 3.24 Å². The molecule has 1 aromatic heterocycles. The summed E-state index contributed by atoms with van der Waals surface area (Å²) >= 11 is 1.84. The highest BCUT2D eigenvalue weighted by Gasteiger charge is 2.10. The van der Waals surface area contributed by atoms with Crippen molar-refractivity contribution in [3.63, 3.8) is 0 Å². The Bertz CT molecular complexity index is 855. The number of hydrogen-bond acceptors (Lipinski definition) is 2. The van der Waals surface area contributed by atoms with E-state index in [1.165, 1.54) is 58.9 Å². The van der Waals surface area contributed by atoms with Gasteiger partial charge in [0, 0.05) is 26.8 Å². The van der Waals surface area contributed by atoms with Crippen LogP contribution in [0.4, 0.5) is 17.1 Å². The first-order valence-electron chi connectivity index (χ1n) is 13.2. The van der Waals surface area contributed by atoms with Crippen LogP contribution in [-0.2, 0) is 0 Å². The van der Waals surface area contributed by atoms with E-state index in [2.05, 4.69) is 104 Å². The van der Waals surface area contributed by atoms with Crippen molar-refractivity contribution in [1.82, 2.24) is 0 Å². The fourth-order valence-electron chi connectivity index (χ4n) is 3.62. The van der Waals surface area contributed by atoms with Gasteiger partial charge in [0.1, 0.15) is 0 Å². The smallest absolute Gasteiger partial charge is 0.0461 e. The molecule has 0 spiro atoms. The molecule has 0 amide bonds. The standard InChI is InChI=1S/C18H15N.C6H8S.C5H10.2C2H6/c1-4-10-16(11-5-1)19(17-12-6-2-7-13-17)18-14-8-3-9-15-18;1-5-3-4-6(2)7-5;1-2-4-5-3-1;2*1-2/h1-15H;3-4H,1-2H3;1-5H2;2*1-2H3. The van der Waals surface area contributed by atoms with Crippen LogP contribution >= 0.6 is 11.3 Å². The van der Waals surface area contributed by atoms with E-state index in [0.717, 1.165) is 0 Å². The fraction of sp³-hybridized carbons (Fsp3) is 0.333. The third-order valence-corrected chi connectivity index (χ3v) is 6.08. The fourth-order valence-corrected chi connectivity index (χ4v) is 4.40. The van der Waals surface area contributed by atoms with Crippen LogP contribution in [0.2, 0.25) is 0 Å². The van der Waals surface area contributed by atoms with Crippen LogP contribution < -0.4 is 4.90 Å². The summed E-state index contributed by atoms with van der Waals surface area (Å²) in [5, 5.41) is 0. The average Bonchev–Trinajstić information content (AvgIpc) is 3.64. The number of aryl methyl sites for hydroxylation is 2. The number of para-hydroxylation sites is 3. The molecular formula is C33H45NS. The van der Waals surface area contributed by atoms with Crippen molar-refractivity contribution in [3.05, 3.63) is 113 Å². The molecule has 3 aromatic carbocycles. The Morgan fingerprint density at radius 1 is 0.429 bits per heavy atom. The minimum Gasteiger partial charge on any atom is -0.311 e. The Balaban J connectivity index is 0.000000313. The summed E-state index contributed by atoms with van der Waals surface area (Å²) in [6.45, 7) is 12.2. The Morgan fingerprint density at radius 2 is 0.686 bits per heavy atom. The molecular weight excluding hydrogens is 442 g/mol. The second-order valence-electron chi connectivity index (χ2n) is 7.77. The van der Waals surface area contributed by atoms with Gasteiger partial charge in [-0.1, -0.05) is 114 Å². The zero-order valence-corrected chi connectivity index (χ0v) is 23.5. The van der Waals surface area contributed by atoms with E-state index in [-0.39, 0.29) is 0 Å². The molecule has 5 rings (SSSR count). The van der Waals surface area contributed by atoms with Gasteiger partial charge in [-0.05, 0) is 62.4 Å². The largest absolute Gasteiger partial charge is 0.311 e. The minimum atomic E-state index is 1.17. The van der Waals surface area contributed by atoms with E-state index >= 15 is 0 Å². The highest BCUT2D eigenvalue weighted by molar-refractivity contribution is 7.11. The molecule has 1 heterocycles. The number of rotatable bonds is 3. The molecule has 0 atom stereocenters. The Morgan fingerprint density at radius 3 is 0.886 bits per heavy atom. The summed E-state index contributed by atoms with van der Waals surface area (Å²) in [4.78, 5) is 5.05. The lowest BCUT2D eigenvalue weighted by Crippen LogP contribution is -2.09. The molecule has 2 heteroatoms. The summed E-state index contributed by atoms with van der Waals surface area (Å²) in [5.74, 6) is 0. The Hall–Kier alpha value is -2.84. The summed E-state index contributed by atoms with van der Waals surface area (Å²) in [5.41, 5.74) is 3.50. The quantitative estimate of drug-likeness (QED) is 0.278. The van der Waals surface area contributed by atoms with Crippen molar-refractivity contribution in [2.24, 2.45) is 0 Å². The van der Waals surface area contributed by atoms with Gasteiger partial charge in [-0.3, -0.25) is 0 Å². The maximum Gasteiger partial charge on any atom is 0.0461 e. The maximum atomic E-state index is 2.25. The molecule has 0 bridgehead atoms. The van der Waals surface area contributed by atoms with Crippen molar-refractivity contribution in [2.45, 2.75) is 73.6 Å². The first kappa shape index (κ1) is 30.2. The monoisotopic (exact) mass is 487 g/mol. The molecule has 0 saturated heterocycles. The molecule has 0 unspecified atom stereocenters. The normalized spacial score (nSPS) is 11.1. The lowest BCUT2D eigenvalue weighted by molar-refractivity contribution is 0.886. The van der Waals surface area contributed by atoms with Crippen molar-refractivity contribution in [1.29, 1.82) is 0 Å². The van der Waals surface area contributed by atoms with Crippen LogP contribution in [-0.4, -0.2) is 0 Å². The van der Waals surface area contributed by atoms with Crippen LogP contribution in [0, 0.1) is 13.8 Å². The number of thiophene rings is 1. The van der Waals surface area contributed by atoms with E-state index < -0.39 is 0 Å². The summed E-state index contributed by atoms with van der Waals surface area (Å²) < 4.78 is 0. The second-order valence-corrected chi connectivity index (χ2v) is 9.26. The zero-order chi connectivity index (χ0) is 25.7. The van der Waals surface area contributed by atoms with Gasteiger partial charge in [-0.25, -0.2) is 0 Å². The molecule has 1 saturated carbocycles. The van der Waals surface area contributed by atoms with E-state index in [1.807, 2.05) is 57.2 Å². The van der Waals surface area contributed by atoms with E-state index in [0.29, 0.717) is 0 Å². The first-order chi connectivity index (χ1) is 17.2. The van der Waals surface area contributed by atoms with Crippen LogP contribution in [0.15, 0.2) is 103 Å². The van der Waals surface area contributed by atoms with E-state index in [4.69, 9.17) is 0 Å². The van der Waals surface area contributed by atoms with Crippen LogP contribution in [0.25, 0.3) is 0 Å². The SMILES string of the molecule is C1CCCC1.CC.CC.Cc1ccc(C)s1.c1ccc(N(c2ccccc2)c2ccccc2)cc1. The van der Waals surface area contributed by atoms with Gasteiger partial charge in [0.25, 0.3) is 0 Å². The zero-order valence-electron chi connectivity index (χ0n) is 22.7. The van der Waals surface area contributed by atoms with Crippen LogP contribution in [0.3, 0.4) is 0 Å². The molecule has 4 aromatic rings. The van der Waals surface area contributed by atoms with Crippen LogP contribution in [0.1, 0.15) is 69.6 Å². The van der Waals surface area contributed by atoms with Crippen molar-refractivity contribution >= 4 is 28.4 Å². The molecule has 1 nitrogen and oxygen atoms in total. The number of benzene rings is 3. The van der Waals surface area contributed by atoms with Gasteiger partial charge in [-0.2, -0.15) is 0 Å². The maximum absolute atomic E-state index is 2.25. The number of hydrogen-bond donors (Lipinski definition) is 0. The molecule has 0 radical (unpaired) electrons. The molecule has 188 valence electrons. The van der Waals surface area contributed by atoms with Gasteiger partial charge in [0.05, 0.1) is 0 Å². The first-order valence-corrected chi connectivity index (χ1v) is 14.0. The third kappa shape index (κ3) is 11.9. The van der Waals surface area contributed by atoms with Gasteiger partial charge in [0.15, 0.2) is 0 Å². The molecule has 1 aliphatic carbocycles. The average molecular weight is 488 g/mol. The molecule has 1 fully saturated rings. The third-order valence-electron chi connectivity index (χ3n) is 5.17. The Kier molecular flexibility index (Phi) is 16.8. The number of anilines is 3. The molecule has 0 N–H and O–H groups in total. The summed E-state index contributed by atoms with van der Waals surface area (Å²) in [6, 6.07) is 35.5. The lowest BCUT2D eigenvalue weighted by atomic mass is 10.2. The highest BCUT2D eigenvalue weighted by Crippen LogP contribution is 2.33. The van der Waals surface area contributed by atoms with Gasteiger partial charge in [0.2, 0.25) is 0 Å². The van der Waals surface area contributed by atoms with Crippen molar-refractivity contribution in [3.8, 4) is 0 Å². The summed E-state index contributed by atoms with van der Waals surface area (Å²) in [6.07, 6.45) is 7.50. The molecule has 35 heavy (non-hydrogen) atoms. The minimum absolute atomic E-state index is 1.17. The van der Waals surface area contributed by atoms with E-state index in [1.54, 1.807) is 0 Å². The predicted octanol–water partition coefficient (Wildman–Crippen LogP) is 11.5. The predicted molar refractivity (Wildman–Crippen MR) is 161 cm³/mol. The van der Waals surface area contributed by atoms with Gasteiger partial charge in [-0.15, -0.1) is 11.3 Å².